The average molecular weight is 314 g/mol. The summed E-state index contributed by atoms with van der Waals surface area (Å²) in [6, 6.07) is 12.5. The second-order valence-corrected chi connectivity index (χ2v) is 5.22. The van der Waals surface area contributed by atoms with E-state index in [0.29, 0.717) is 0 Å². The number of carbonyl (C=O) groups is 3. The van der Waals surface area contributed by atoms with Gasteiger partial charge in [0, 0.05) is 0 Å². The summed E-state index contributed by atoms with van der Waals surface area (Å²) in [4.78, 5) is 34.1. The molecule has 0 saturated heterocycles. The fourth-order valence-electron chi connectivity index (χ4n) is 2.22. The lowest BCUT2D eigenvalue weighted by atomic mass is 10.0. The smallest absolute Gasteiger partial charge is 0.325 e. The number of rotatable bonds is 6. The molecule has 3 N–H and O–H groups in total. The van der Waals surface area contributed by atoms with Crippen LogP contribution in [0.1, 0.15) is 12.5 Å². The highest BCUT2D eigenvalue weighted by atomic mass is 16.4. The fraction of sp³-hybridized carbons (Fsp3) is 0.235. The van der Waals surface area contributed by atoms with Crippen molar-refractivity contribution in [2.75, 3.05) is 6.54 Å². The van der Waals surface area contributed by atoms with Crippen molar-refractivity contribution < 1.29 is 19.5 Å². The first-order chi connectivity index (χ1) is 11.0. The Hall–Kier alpha value is -2.89. The Morgan fingerprint density at radius 3 is 2.48 bits per heavy atom. The Kier molecular flexibility index (Phi) is 5.30. The molecule has 0 heterocycles. The highest BCUT2D eigenvalue weighted by molar-refractivity contribution is 5.92. The Labute approximate surface area is 133 Å². The van der Waals surface area contributed by atoms with E-state index in [2.05, 4.69) is 10.6 Å². The van der Waals surface area contributed by atoms with E-state index in [1.165, 1.54) is 6.92 Å². The summed E-state index contributed by atoms with van der Waals surface area (Å²) in [6.45, 7) is 1.11. The van der Waals surface area contributed by atoms with Gasteiger partial charge in [0.05, 0.1) is 13.0 Å². The number of carboxylic acids is 1. The Morgan fingerprint density at radius 1 is 1.04 bits per heavy atom. The summed E-state index contributed by atoms with van der Waals surface area (Å²) in [5.74, 6) is -1.95. The maximum absolute atomic E-state index is 12.0. The molecule has 0 unspecified atom stereocenters. The molecule has 2 rings (SSSR count). The topological polar surface area (TPSA) is 95.5 Å². The molecule has 6 nitrogen and oxygen atoms in total. The minimum atomic E-state index is -1.12. The summed E-state index contributed by atoms with van der Waals surface area (Å²) in [7, 11) is 0. The maximum Gasteiger partial charge on any atom is 0.325 e. The summed E-state index contributed by atoms with van der Waals surface area (Å²) in [5.41, 5.74) is 0.875. The molecule has 6 heteroatoms. The zero-order valence-electron chi connectivity index (χ0n) is 12.7. The zero-order valence-corrected chi connectivity index (χ0v) is 12.7. The van der Waals surface area contributed by atoms with Crippen molar-refractivity contribution in [3.63, 3.8) is 0 Å². The van der Waals surface area contributed by atoms with Crippen LogP contribution < -0.4 is 10.6 Å². The predicted octanol–water partition coefficient (Wildman–Crippen LogP) is 1.09. The minimum absolute atomic E-state index is 0.156. The standard InChI is InChI=1S/C17H18N2O4/c1-11(17(22)23)19-16(21)10-18-15(20)9-13-7-4-6-12-5-2-3-8-14(12)13/h2-8,11H,9-10H2,1H3,(H,18,20)(H,19,21)(H,22,23)/t11-/m1/s1. The van der Waals surface area contributed by atoms with Gasteiger partial charge in [0.2, 0.25) is 11.8 Å². The molecular weight excluding hydrogens is 296 g/mol. The third-order valence-corrected chi connectivity index (χ3v) is 3.42. The van der Waals surface area contributed by atoms with E-state index in [4.69, 9.17) is 5.11 Å². The second kappa shape index (κ2) is 7.40. The van der Waals surface area contributed by atoms with Gasteiger partial charge in [-0.15, -0.1) is 0 Å². The van der Waals surface area contributed by atoms with E-state index < -0.39 is 17.9 Å². The lowest BCUT2D eigenvalue weighted by Crippen LogP contribution is -2.44. The van der Waals surface area contributed by atoms with Gasteiger partial charge in [-0.05, 0) is 23.3 Å². The minimum Gasteiger partial charge on any atom is -0.480 e. The molecule has 0 saturated carbocycles. The predicted molar refractivity (Wildman–Crippen MR) is 85.9 cm³/mol. The first-order valence-electron chi connectivity index (χ1n) is 7.23. The average Bonchev–Trinajstić information content (AvgIpc) is 2.53. The van der Waals surface area contributed by atoms with Crippen molar-refractivity contribution in [2.24, 2.45) is 0 Å². The molecule has 0 aromatic heterocycles. The SMILES string of the molecule is C[C@@H](NC(=O)CNC(=O)Cc1cccc2ccccc12)C(=O)O. The molecule has 120 valence electrons. The van der Waals surface area contributed by atoms with Gasteiger partial charge >= 0.3 is 5.97 Å². The largest absolute Gasteiger partial charge is 0.480 e. The fourth-order valence-corrected chi connectivity index (χ4v) is 2.22. The van der Waals surface area contributed by atoms with E-state index in [0.717, 1.165) is 16.3 Å². The van der Waals surface area contributed by atoms with Gasteiger partial charge in [0.25, 0.3) is 0 Å². The monoisotopic (exact) mass is 314 g/mol. The van der Waals surface area contributed by atoms with Crippen molar-refractivity contribution in [3.8, 4) is 0 Å². The van der Waals surface area contributed by atoms with E-state index in [1.54, 1.807) is 0 Å². The number of benzene rings is 2. The maximum atomic E-state index is 12.0. The first kappa shape index (κ1) is 16.5. The number of nitrogens with one attached hydrogen (secondary N) is 2. The lowest BCUT2D eigenvalue weighted by Gasteiger charge is -2.10. The Bertz CT molecular complexity index is 737. The van der Waals surface area contributed by atoms with E-state index in [-0.39, 0.29) is 18.9 Å². The van der Waals surface area contributed by atoms with E-state index in [1.807, 2.05) is 42.5 Å². The molecule has 0 aliphatic carbocycles. The van der Waals surface area contributed by atoms with Crippen LogP contribution in [0, 0.1) is 0 Å². The van der Waals surface area contributed by atoms with Crippen LogP contribution in [-0.4, -0.2) is 35.5 Å². The third kappa shape index (κ3) is 4.54. The van der Waals surface area contributed by atoms with Crippen LogP contribution in [0.4, 0.5) is 0 Å². The molecule has 0 spiro atoms. The number of hydrogen-bond acceptors (Lipinski definition) is 3. The quantitative estimate of drug-likeness (QED) is 0.743. The van der Waals surface area contributed by atoms with Crippen LogP contribution in [-0.2, 0) is 20.8 Å². The van der Waals surface area contributed by atoms with Gasteiger partial charge in [-0.2, -0.15) is 0 Å². The number of amides is 2. The molecule has 2 aromatic rings. The molecule has 1 atom stereocenters. The third-order valence-electron chi connectivity index (χ3n) is 3.42. The molecule has 0 aliphatic heterocycles. The van der Waals surface area contributed by atoms with Crippen molar-refractivity contribution in [2.45, 2.75) is 19.4 Å². The Morgan fingerprint density at radius 2 is 1.74 bits per heavy atom. The van der Waals surface area contributed by atoms with Crippen molar-refractivity contribution >= 4 is 28.6 Å². The number of hydrogen-bond donors (Lipinski definition) is 3. The molecule has 2 amide bonds. The number of aliphatic carboxylic acids is 1. The van der Waals surface area contributed by atoms with Gasteiger partial charge in [0.1, 0.15) is 6.04 Å². The van der Waals surface area contributed by atoms with E-state index in [9.17, 15) is 14.4 Å². The first-order valence-corrected chi connectivity index (χ1v) is 7.23. The zero-order chi connectivity index (χ0) is 16.8. The summed E-state index contributed by atoms with van der Waals surface area (Å²) >= 11 is 0. The number of fused-ring (bicyclic) bond motifs is 1. The number of carboxylic acid groups (broad SMARTS) is 1. The Balaban J connectivity index is 1.92. The normalized spacial score (nSPS) is 11.7. The van der Waals surface area contributed by atoms with Crippen LogP contribution in [0.3, 0.4) is 0 Å². The number of carbonyl (C=O) groups excluding carboxylic acids is 2. The highest BCUT2D eigenvalue weighted by Crippen LogP contribution is 2.18. The van der Waals surface area contributed by atoms with Crippen LogP contribution in [0.2, 0.25) is 0 Å². The van der Waals surface area contributed by atoms with Gasteiger partial charge in [0.15, 0.2) is 0 Å². The highest BCUT2D eigenvalue weighted by Gasteiger charge is 2.14. The summed E-state index contributed by atoms with van der Waals surface area (Å²) in [5, 5.41) is 15.5. The summed E-state index contributed by atoms with van der Waals surface area (Å²) < 4.78 is 0. The van der Waals surface area contributed by atoms with Crippen LogP contribution >= 0.6 is 0 Å². The second-order valence-electron chi connectivity index (χ2n) is 5.22. The van der Waals surface area contributed by atoms with Crippen LogP contribution in [0.5, 0.6) is 0 Å². The lowest BCUT2D eigenvalue weighted by molar-refractivity contribution is -0.141. The van der Waals surface area contributed by atoms with Crippen molar-refractivity contribution in [1.29, 1.82) is 0 Å². The van der Waals surface area contributed by atoms with Crippen molar-refractivity contribution in [1.82, 2.24) is 10.6 Å². The molecule has 0 aliphatic rings. The molecular formula is C17H18N2O4. The molecule has 0 radical (unpaired) electrons. The van der Waals surface area contributed by atoms with Gasteiger partial charge in [-0.25, -0.2) is 0 Å². The molecule has 0 fully saturated rings. The van der Waals surface area contributed by atoms with Crippen LogP contribution in [0.15, 0.2) is 42.5 Å². The molecule has 23 heavy (non-hydrogen) atoms. The molecule has 2 aromatic carbocycles. The summed E-state index contributed by atoms with van der Waals surface area (Å²) in [6.07, 6.45) is 0.156. The van der Waals surface area contributed by atoms with E-state index >= 15 is 0 Å². The van der Waals surface area contributed by atoms with Crippen LogP contribution in [0.25, 0.3) is 10.8 Å². The molecule has 0 bridgehead atoms. The van der Waals surface area contributed by atoms with Gasteiger partial charge in [-0.1, -0.05) is 42.5 Å². The van der Waals surface area contributed by atoms with Crippen molar-refractivity contribution in [3.05, 3.63) is 48.0 Å². The van der Waals surface area contributed by atoms with Gasteiger partial charge < -0.3 is 15.7 Å². The van der Waals surface area contributed by atoms with Gasteiger partial charge in [-0.3, -0.25) is 14.4 Å².